The molecule has 18 heavy (non-hydrogen) atoms. The van der Waals surface area contributed by atoms with E-state index in [4.69, 9.17) is 0 Å². The number of hydrogen-bond donors (Lipinski definition) is 2. The third-order valence-electron chi connectivity index (χ3n) is 3.07. The minimum atomic E-state index is -0.464. The Morgan fingerprint density at radius 1 is 1.22 bits per heavy atom. The maximum atomic E-state index is 11.4. The lowest BCUT2D eigenvalue weighted by molar-refractivity contribution is -0.117. The molecule has 0 fully saturated rings. The molecular formula is C14H10BrNO2. The molecule has 90 valence electrons. The van der Waals surface area contributed by atoms with Crippen molar-refractivity contribution in [3.8, 4) is 0 Å². The molecule has 1 heterocycles. The molecule has 0 bridgehead atoms. The molecule has 0 radical (unpaired) electrons. The van der Waals surface area contributed by atoms with Gasteiger partial charge in [0.1, 0.15) is 11.8 Å². The van der Waals surface area contributed by atoms with Crippen molar-refractivity contribution in [2.24, 2.45) is 0 Å². The minimum Gasteiger partial charge on any atom is -0.509 e. The molecule has 1 aliphatic carbocycles. The largest absolute Gasteiger partial charge is 0.509 e. The predicted molar refractivity (Wildman–Crippen MR) is 73.0 cm³/mol. The van der Waals surface area contributed by atoms with E-state index in [1.807, 2.05) is 30.4 Å². The van der Waals surface area contributed by atoms with Crippen molar-refractivity contribution in [1.29, 1.82) is 0 Å². The van der Waals surface area contributed by atoms with Crippen LogP contribution in [0.2, 0.25) is 0 Å². The number of carbonyl (C=O) groups excluding carboxylic acids is 1. The normalized spacial score (nSPS) is 21.2. The van der Waals surface area contributed by atoms with Crippen LogP contribution in [0.15, 0.2) is 46.5 Å². The Hall–Kier alpha value is -1.81. The van der Waals surface area contributed by atoms with E-state index in [-0.39, 0.29) is 11.7 Å². The summed E-state index contributed by atoms with van der Waals surface area (Å²) in [5, 5.41) is 14.8. The number of fused-ring (bicyclic) bond motifs is 2. The maximum absolute atomic E-state index is 11.4. The predicted octanol–water partition coefficient (Wildman–Crippen LogP) is 0.890. The van der Waals surface area contributed by atoms with Crippen LogP contribution in [-0.4, -0.2) is 17.1 Å². The topological polar surface area (TPSA) is 49.3 Å². The highest BCUT2D eigenvalue weighted by molar-refractivity contribution is 9.10. The van der Waals surface area contributed by atoms with Crippen LogP contribution in [0.5, 0.6) is 0 Å². The van der Waals surface area contributed by atoms with Crippen LogP contribution in [0.25, 0.3) is 11.8 Å². The molecule has 4 heteroatoms. The van der Waals surface area contributed by atoms with Crippen LogP contribution in [-0.2, 0) is 4.79 Å². The molecule has 1 aliphatic heterocycles. The van der Waals surface area contributed by atoms with Crippen LogP contribution >= 0.6 is 15.9 Å². The first-order chi connectivity index (χ1) is 8.65. The fourth-order valence-electron chi connectivity index (χ4n) is 2.16. The van der Waals surface area contributed by atoms with Crippen LogP contribution in [0.1, 0.15) is 0 Å². The van der Waals surface area contributed by atoms with E-state index in [2.05, 4.69) is 21.2 Å². The second-order valence-corrected chi connectivity index (χ2v) is 5.14. The minimum absolute atomic E-state index is 0.170. The van der Waals surface area contributed by atoms with Crippen molar-refractivity contribution in [2.75, 3.05) is 0 Å². The van der Waals surface area contributed by atoms with Crippen molar-refractivity contribution >= 4 is 33.7 Å². The van der Waals surface area contributed by atoms with Gasteiger partial charge in [-0.05, 0) is 22.9 Å². The molecule has 1 atom stereocenters. The third-order valence-corrected chi connectivity index (χ3v) is 3.56. The van der Waals surface area contributed by atoms with Gasteiger partial charge in [-0.2, -0.15) is 0 Å². The van der Waals surface area contributed by atoms with Gasteiger partial charge in [-0.3, -0.25) is 4.79 Å². The summed E-state index contributed by atoms with van der Waals surface area (Å²) in [5.74, 6) is -0.0221. The maximum Gasteiger partial charge on any atom is 0.244 e. The highest BCUT2D eigenvalue weighted by Gasteiger charge is 2.23. The Morgan fingerprint density at radius 2 is 2.06 bits per heavy atom. The number of allylic oxidation sites excluding steroid dienone is 1. The van der Waals surface area contributed by atoms with E-state index < -0.39 is 6.04 Å². The van der Waals surface area contributed by atoms with E-state index in [1.54, 1.807) is 6.08 Å². The average molecular weight is 304 g/mol. The van der Waals surface area contributed by atoms with Crippen molar-refractivity contribution in [3.63, 3.8) is 0 Å². The van der Waals surface area contributed by atoms with Gasteiger partial charge in [-0.25, -0.2) is 0 Å². The molecule has 1 aromatic carbocycles. The van der Waals surface area contributed by atoms with Crippen LogP contribution < -0.4 is 15.8 Å². The molecule has 3 rings (SSSR count). The number of rotatable bonds is 0. The molecule has 0 saturated heterocycles. The van der Waals surface area contributed by atoms with Crippen LogP contribution in [0.3, 0.4) is 0 Å². The van der Waals surface area contributed by atoms with Crippen molar-refractivity contribution < 1.29 is 9.90 Å². The first-order valence-corrected chi connectivity index (χ1v) is 6.34. The highest BCUT2D eigenvalue weighted by Crippen LogP contribution is 2.17. The van der Waals surface area contributed by atoms with E-state index in [1.165, 1.54) is 6.08 Å². The van der Waals surface area contributed by atoms with Crippen molar-refractivity contribution in [1.82, 2.24) is 5.32 Å². The lowest BCUT2D eigenvalue weighted by Crippen LogP contribution is -2.41. The monoisotopic (exact) mass is 303 g/mol. The number of aliphatic hydroxyl groups excluding tert-OH is 1. The Kier molecular flexibility index (Phi) is 2.59. The van der Waals surface area contributed by atoms with Crippen LogP contribution in [0, 0.1) is 0 Å². The van der Waals surface area contributed by atoms with E-state index in [9.17, 15) is 9.90 Å². The van der Waals surface area contributed by atoms with Crippen LogP contribution in [0.4, 0.5) is 0 Å². The molecule has 2 aliphatic rings. The lowest BCUT2D eigenvalue weighted by atomic mass is 10.0. The number of carbonyl (C=O) groups is 1. The van der Waals surface area contributed by atoms with Gasteiger partial charge in [-0.15, -0.1) is 0 Å². The number of aliphatic hydroxyl groups is 1. The quantitative estimate of drug-likeness (QED) is 0.748. The van der Waals surface area contributed by atoms with Gasteiger partial charge < -0.3 is 10.4 Å². The van der Waals surface area contributed by atoms with Gasteiger partial charge in [0.05, 0.1) is 0 Å². The molecule has 3 nitrogen and oxygen atoms in total. The molecule has 1 amide bonds. The zero-order valence-electron chi connectivity index (χ0n) is 9.35. The van der Waals surface area contributed by atoms with Gasteiger partial charge in [0.15, 0.2) is 0 Å². The summed E-state index contributed by atoms with van der Waals surface area (Å²) >= 11 is 3.39. The number of halogens is 1. The summed E-state index contributed by atoms with van der Waals surface area (Å²) in [7, 11) is 0. The van der Waals surface area contributed by atoms with E-state index >= 15 is 0 Å². The van der Waals surface area contributed by atoms with Gasteiger partial charge in [0.25, 0.3) is 0 Å². The summed E-state index contributed by atoms with van der Waals surface area (Å²) in [6.07, 6.45) is 7.05. The summed E-state index contributed by atoms with van der Waals surface area (Å²) < 4.78 is 0.891. The lowest BCUT2D eigenvalue weighted by Gasteiger charge is -2.21. The summed E-state index contributed by atoms with van der Waals surface area (Å²) in [5.41, 5.74) is 0.874. The van der Waals surface area contributed by atoms with E-state index in [0.29, 0.717) is 0 Å². The van der Waals surface area contributed by atoms with Gasteiger partial charge in [0, 0.05) is 15.8 Å². The fraction of sp³-hybridized carbons (Fsp3) is 0.0714. The number of benzene rings is 1. The second-order valence-electron chi connectivity index (χ2n) is 4.23. The standard InChI is InChI=1S/C14H10BrNO2/c15-10-5-3-8-1-2-9-4-6-12(17)16-13(9)14(18)11(8)7-10/h1-7,13,18H,(H,16,17). The first-order valence-electron chi connectivity index (χ1n) is 5.54. The molecule has 1 unspecified atom stereocenters. The Balaban J connectivity index is 2.31. The number of nitrogens with one attached hydrogen (secondary N) is 1. The first kappa shape index (κ1) is 11.3. The SMILES string of the molecule is O=C1C=CC2=CC=c3ccc(Br)cc3=C(O)C2N1. The van der Waals surface area contributed by atoms with E-state index in [0.717, 1.165) is 20.5 Å². The zero-order chi connectivity index (χ0) is 12.7. The second kappa shape index (κ2) is 4.14. The zero-order valence-corrected chi connectivity index (χ0v) is 10.9. The fourth-order valence-corrected chi connectivity index (χ4v) is 2.52. The Bertz CT molecular complexity index is 716. The molecule has 0 aromatic heterocycles. The summed E-state index contributed by atoms with van der Waals surface area (Å²) in [6.45, 7) is 0. The third kappa shape index (κ3) is 1.78. The van der Waals surface area contributed by atoms with Gasteiger partial charge in [-0.1, -0.05) is 40.2 Å². The molecule has 2 N–H and O–H groups in total. The smallest absolute Gasteiger partial charge is 0.244 e. The van der Waals surface area contributed by atoms with Gasteiger partial charge >= 0.3 is 0 Å². The Morgan fingerprint density at radius 3 is 2.89 bits per heavy atom. The Labute approximate surface area is 112 Å². The molecule has 0 saturated carbocycles. The van der Waals surface area contributed by atoms with Gasteiger partial charge in [0.2, 0.25) is 5.91 Å². The molecule has 1 aromatic rings. The average Bonchev–Trinajstić information content (AvgIpc) is 2.49. The van der Waals surface area contributed by atoms with Crippen molar-refractivity contribution in [3.05, 3.63) is 56.9 Å². The summed E-state index contributed by atoms with van der Waals surface area (Å²) in [6, 6.07) is 5.23. The molecule has 0 spiro atoms. The summed E-state index contributed by atoms with van der Waals surface area (Å²) in [4.78, 5) is 11.4. The van der Waals surface area contributed by atoms with Crippen molar-refractivity contribution in [2.45, 2.75) is 6.04 Å². The number of hydrogen-bond acceptors (Lipinski definition) is 2. The highest BCUT2D eigenvalue weighted by atomic mass is 79.9. The number of amides is 1. The molecular weight excluding hydrogens is 294 g/mol.